The van der Waals surface area contributed by atoms with E-state index < -0.39 is 6.10 Å². The summed E-state index contributed by atoms with van der Waals surface area (Å²) in [5.74, 6) is 1.50. The minimum absolute atomic E-state index is 0.244. The first kappa shape index (κ1) is 17.2. The number of aliphatic hydroxyl groups excluding tert-OH is 1. The van der Waals surface area contributed by atoms with Gasteiger partial charge in [0, 0.05) is 24.2 Å². The molecular weight excluding hydrogens is 292 g/mol. The molecule has 2 aromatic rings. The summed E-state index contributed by atoms with van der Waals surface area (Å²) in [6, 6.07) is 9.89. The average molecular weight is 316 g/mol. The Morgan fingerprint density at radius 3 is 2.78 bits per heavy atom. The van der Waals surface area contributed by atoms with Crippen molar-refractivity contribution in [2.45, 2.75) is 32.9 Å². The number of hydrogen-bond acceptors (Lipinski definition) is 5. The molecule has 1 atom stereocenters. The molecule has 1 unspecified atom stereocenters. The zero-order valence-corrected chi connectivity index (χ0v) is 13.8. The molecule has 23 heavy (non-hydrogen) atoms. The van der Waals surface area contributed by atoms with Gasteiger partial charge in [-0.25, -0.2) is 0 Å². The SMILES string of the molecule is Cc1cc(/C=C\c2ccccc2OCC(O)CNC(C)C)no1. The van der Waals surface area contributed by atoms with E-state index in [1.54, 1.807) is 0 Å². The number of aromatic nitrogens is 1. The van der Waals surface area contributed by atoms with Crippen molar-refractivity contribution in [3.8, 4) is 5.75 Å². The Hall–Kier alpha value is -2.11. The predicted molar refractivity (Wildman–Crippen MR) is 91.3 cm³/mol. The first-order chi connectivity index (χ1) is 11.0. The van der Waals surface area contributed by atoms with Gasteiger partial charge in [-0.3, -0.25) is 0 Å². The first-order valence-electron chi connectivity index (χ1n) is 7.79. The van der Waals surface area contributed by atoms with E-state index in [2.05, 4.69) is 10.5 Å². The molecule has 5 nitrogen and oxygen atoms in total. The van der Waals surface area contributed by atoms with Gasteiger partial charge in [-0.05, 0) is 25.1 Å². The molecule has 2 rings (SSSR count). The maximum atomic E-state index is 9.93. The van der Waals surface area contributed by atoms with Crippen LogP contribution in [0.15, 0.2) is 34.9 Å². The van der Waals surface area contributed by atoms with E-state index in [4.69, 9.17) is 9.26 Å². The normalized spacial score (nSPS) is 12.9. The summed E-state index contributed by atoms with van der Waals surface area (Å²) < 4.78 is 10.8. The minimum Gasteiger partial charge on any atom is -0.490 e. The second-order valence-electron chi connectivity index (χ2n) is 5.76. The summed E-state index contributed by atoms with van der Waals surface area (Å²) >= 11 is 0. The summed E-state index contributed by atoms with van der Waals surface area (Å²) in [5, 5.41) is 17.0. The van der Waals surface area contributed by atoms with Crippen molar-refractivity contribution < 1.29 is 14.4 Å². The molecule has 5 heteroatoms. The van der Waals surface area contributed by atoms with Gasteiger partial charge >= 0.3 is 0 Å². The van der Waals surface area contributed by atoms with Crippen LogP contribution in [0.4, 0.5) is 0 Å². The lowest BCUT2D eigenvalue weighted by molar-refractivity contribution is 0.104. The highest BCUT2D eigenvalue weighted by Crippen LogP contribution is 2.21. The summed E-state index contributed by atoms with van der Waals surface area (Å²) in [6.07, 6.45) is 3.24. The molecule has 0 bridgehead atoms. The highest BCUT2D eigenvalue weighted by atomic mass is 16.5. The Morgan fingerprint density at radius 1 is 1.30 bits per heavy atom. The molecule has 0 aliphatic heterocycles. The Kier molecular flexibility index (Phi) is 6.38. The minimum atomic E-state index is -0.548. The van der Waals surface area contributed by atoms with Gasteiger partial charge in [0.05, 0.1) is 0 Å². The Labute approximate surface area is 137 Å². The van der Waals surface area contributed by atoms with E-state index in [0.29, 0.717) is 12.6 Å². The number of ether oxygens (including phenoxy) is 1. The Balaban J connectivity index is 1.96. The third-order valence-corrected chi connectivity index (χ3v) is 3.19. The van der Waals surface area contributed by atoms with Crippen molar-refractivity contribution >= 4 is 12.2 Å². The lowest BCUT2D eigenvalue weighted by atomic mass is 10.1. The number of hydrogen-bond donors (Lipinski definition) is 2. The van der Waals surface area contributed by atoms with Gasteiger partial charge in [0.25, 0.3) is 0 Å². The van der Waals surface area contributed by atoms with E-state index in [9.17, 15) is 5.11 Å². The van der Waals surface area contributed by atoms with Crippen molar-refractivity contribution in [2.75, 3.05) is 13.2 Å². The van der Waals surface area contributed by atoms with Crippen LogP contribution >= 0.6 is 0 Å². The fourth-order valence-corrected chi connectivity index (χ4v) is 2.01. The van der Waals surface area contributed by atoms with E-state index in [1.807, 2.05) is 63.3 Å². The van der Waals surface area contributed by atoms with Gasteiger partial charge in [0.2, 0.25) is 0 Å². The number of aryl methyl sites for hydroxylation is 1. The summed E-state index contributed by atoms with van der Waals surface area (Å²) in [7, 11) is 0. The quantitative estimate of drug-likeness (QED) is 0.784. The molecule has 0 radical (unpaired) electrons. The molecule has 1 aromatic heterocycles. The highest BCUT2D eigenvalue weighted by Gasteiger charge is 2.07. The average Bonchev–Trinajstić information content (AvgIpc) is 2.95. The molecule has 0 saturated carbocycles. The van der Waals surface area contributed by atoms with Gasteiger partial charge < -0.3 is 19.7 Å². The van der Waals surface area contributed by atoms with Crippen molar-refractivity contribution in [1.29, 1.82) is 0 Å². The van der Waals surface area contributed by atoms with E-state index in [0.717, 1.165) is 22.8 Å². The van der Waals surface area contributed by atoms with E-state index in [1.165, 1.54) is 0 Å². The molecule has 0 aliphatic carbocycles. The van der Waals surface area contributed by atoms with Crippen LogP contribution in [0.3, 0.4) is 0 Å². The topological polar surface area (TPSA) is 67.5 Å². The van der Waals surface area contributed by atoms with Gasteiger partial charge in [-0.1, -0.05) is 37.2 Å². The molecule has 0 amide bonds. The Bertz CT molecular complexity index is 635. The van der Waals surface area contributed by atoms with Crippen LogP contribution in [-0.4, -0.2) is 35.6 Å². The van der Waals surface area contributed by atoms with Crippen LogP contribution < -0.4 is 10.1 Å². The van der Waals surface area contributed by atoms with Crippen molar-refractivity contribution in [3.63, 3.8) is 0 Å². The second kappa shape index (κ2) is 8.50. The second-order valence-corrected chi connectivity index (χ2v) is 5.76. The lowest BCUT2D eigenvalue weighted by Gasteiger charge is -2.16. The van der Waals surface area contributed by atoms with E-state index in [-0.39, 0.29) is 6.61 Å². The smallest absolute Gasteiger partial charge is 0.134 e. The van der Waals surface area contributed by atoms with Crippen LogP contribution in [0, 0.1) is 6.92 Å². The third-order valence-electron chi connectivity index (χ3n) is 3.19. The number of benzene rings is 1. The van der Waals surface area contributed by atoms with Gasteiger partial charge in [0.15, 0.2) is 0 Å². The predicted octanol–water partition coefficient (Wildman–Crippen LogP) is 2.89. The summed E-state index contributed by atoms with van der Waals surface area (Å²) in [4.78, 5) is 0. The molecule has 0 fully saturated rings. The standard InChI is InChI=1S/C18H24N2O3/c1-13(2)19-11-17(21)12-22-18-7-5-4-6-15(18)8-9-16-10-14(3)23-20-16/h4-10,13,17,19,21H,11-12H2,1-3H3/b9-8-. The van der Waals surface area contributed by atoms with Crippen LogP contribution in [0.2, 0.25) is 0 Å². The molecule has 124 valence electrons. The fraction of sp³-hybridized carbons (Fsp3) is 0.389. The summed E-state index contributed by atoms with van der Waals surface area (Å²) in [6.45, 7) is 6.69. The lowest BCUT2D eigenvalue weighted by Crippen LogP contribution is -2.35. The molecule has 2 N–H and O–H groups in total. The zero-order chi connectivity index (χ0) is 16.7. The van der Waals surface area contributed by atoms with Crippen LogP contribution in [-0.2, 0) is 0 Å². The maximum absolute atomic E-state index is 9.93. The highest BCUT2D eigenvalue weighted by molar-refractivity contribution is 5.71. The summed E-state index contributed by atoms with van der Waals surface area (Å²) in [5.41, 5.74) is 1.69. The maximum Gasteiger partial charge on any atom is 0.134 e. The van der Waals surface area contributed by atoms with Crippen molar-refractivity contribution in [2.24, 2.45) is 0 Å². The monoisotopic (exact) mass is 316 g/mol. The van der Waals surface area contributed by atoms with Crippen molar-refractivity contribution in [1.82, 2.24) is 10.5 Å². The zero-order valence-electron chi connectivity index (χ0n) is 13.8. The Morgan fingerprint density at radius 2 is 2.09 bits per heavy atom. The molecule has 1 heterocycles. The van der Waals surface area contributed by atoms with Crippen LogP contribution in [0.5, 0.6) is 5.75 Å². The van der Waals surface area contributed by atoms with Crippen LogP contribution in [0.25, 0.3) is 12.2 Å². The molecule has 0 saturated heterocycles. The van der Waals surface area contributed by atoms with Gasteiger partial charge in [0.1, 0.15) is 29.9 Å². The molecule has 0 spiro atoms. The van der Waals surface area contributed by atoms with E-state index >= 15 is 0 Å². The van der Waals surface area contributed by atoms with Gasteiger partial charge in [-0.2, -0.15) is 0 Å². The number of aliphatic hydroxyl groups is 1. The van der Waals surface area contributed by atoms with Crippen molar-refractivity contribution in [3.05, 3.63) is 47.3 Å². The molecule has 1 aromatic carbocycles. The number of nitrogens with zero attached hydrogens (tertiary/aromatic N) is 1. The molecule has 0 aliphatic rings. The van der Waals surface area contributed by atoms with Gasteiger partial charge in [-0.15, -0.1) is 0 Å². The number of para-hydroxylation sites is 1. The number of rotatable bonds is 8. The number of nitrogens with one attached hydrogen (secondary N) is 1. The third kappa shape index (κ3) is 5.88. The first-order valence-corrected chi connectivity index (χ1v) is 7.79. The molecular formula is C18H24N2O3. The fourth-order valence-electron chi connectivity index (χ4n) is 2.01. The largest absolute Gasteiger partial charge is 0.490 e. The van der Waals surface area contributed by atoms with Crippen LogP contribution in [0.1, 0.15) is 30.9 Å².